The number of halogens is 1. The summed E-state index contributed by atoms with van der Waals surface area (Å²) in [5.41, 5.74) is 4.83. The standard InChI is InChI=1S/C31H22FN2Se/c1-18-8-12-24-25-13-11-23(16-33)29(22-10-9-20-6-4-5-7-21(20)14-22)31(25)35-30(24)28(18)27-15-26(32)19(2)17-34(27)3/h4-15,17H,1-3H3/q+1/i2D3. The van der Waals surface area contributed by atoms with Gasteiger partial charge in [0.1, 0.15) is 0 Å². The summed E-state index contributed by atoms with van der Waals surface area (Å²) in [5.74, 6) is -0.735. The Morgan fingerprint density at radius 2 is 1.63 bits per heavy atom. The number of nitrogens with zero attached hydrogens (tertiary/aromatic N) is 2. The maximum absolute atomic E-state index is 15.1. The molecule has 0 saturated carbocycles. The molecule has 2 nitrogen and oxygen atoms in total. The fourth-order valence-corrected chi connectivity index (χ4v) is 8.02. The third kappa shape index (κ3) is 3.40. The van der Waals surface area contributed by atoms with Crippen molar-refractivity contribution in [2.24, 2.45) is 7.05 Å². The van der Waals surface area contributed by atoms with Crippen molar-refractivity contribution in [3.05, 3.63) is 102 Å². The van der Waals surface area contributed by atoms with Gasteiger partial charge in [-0.05, 0) is 0 Å². The van der Waals surface area contributed by atoms with Crippen LogP contribution in [0.3, 0.4) is 0 Å². The van der Waals surface area contributed by atoms with Crippen LogP contribution in [0.1, 0.15) is 20.8 Å². The zero-order valence-corrected chi connectivity index (χ0v) is 20.9. The van der Waals surface area contributed by atoms with Gasteiger partial charge in [0.2, 0.25) is 0 Å². The Morgan fingerprint density at radius 3 is 2.40 bits per heavy atom. The van der Waals surface area contributed by atoms with Gasteiger partial charge in [-0.25, -0.2) is 0 Å². The van der Waals surface area contributed by atoms with Gasteiger partial charge in [0, 0.05) is 0 Å². The summed E-state index contributed by atoms with van der Waals surface area (Å²) >= 11 is -0.161. The van der Waals surface area contributed by atoms with E-state index in [0.29, 0.717) is 11.3 Å². The third-order valence-corrected chi connectivity index (χ3v) is 9.29. The molecule has 168 valence electrons. The molecule has 0 radical (unpaired) electrons. The van der Waals surface area contributed by atoms with E-state index in [4.69, 9.17) is 4.11 Å². The van der Waals surface area contributed by atoms with Crippen LogP contribution in [0.25, 0.3) is 52.4 Å². The number of rotatable bonds is 2. The van der Waals surface area contributed by atoms with Crippen LogP contribution >= 0.6 is 0 Å². The summed E-state index contributed by atoms with van der Waals surface area (Å²) in [6, 6.07) is 26.3. The second kappa shape index (κ2) is 8.17. The van der Waals surface area contributed by atoms with Gasteiger partial charge in [0.05, 0.1) is 0 Å². The Hall–Kier alpha value is -3.77. The number of benzene rings is 4. The quantitative estimate of drug-likeness (QED) is 0.178. The van der Waals surface area contributed by atoms with Crippen LogP contribution in [0.15, 0.2) is 79.0 Å². The van der Waals surface area contributed by atoms with Gasteiger partial charge < -0.3 is 0 Å². The summed E-state index contributed by atoms with van der Waals surface area (Å²) in [4.78, 5) is 0. The zero-order chi connectivity index (χ0) is 26.8. The predicted octanol–water partition coefficient (Wildman–Crippen LogP) is 6.99. The van der Waals surface area contributed by atoms with Gasteiger partial charge in [-0.15, -0.1) is 0 Å². The normalized spacial score (nSPS) is 13.0. The maximum atomic E-state index is 15.1. The molecule has 0 aliphatic heterocycles. The molecule has 0 atom stereocenters. The van der Waals surface area contributed by atoms with Crippen LogP contribution in [0.4, 0.5) is 4.39 Å². The van der Waals surface area contributed by atoms with E-state index < -0.39 is 12.7 Å². The minimum absolute atomic E-state index is 0.161. The molecule has 0 saturated heterocycles. The van der Waals surface area contributed by atoms with E-state index in [1.807, 2.05) is 37.3 Å². The first-order valence-electron chi connectivity index (χ1n) is 12.8. The van der Waals surface area contributed by atoms with Crippen molar-refractivity contribution >= 4 is 44.6 Å². The molecule has 0 aliphatic carbocycles. The molecule has 6 rings (SSSR count). The van der Waals surface area contributed by atoms with Crippen molar-refractivity contribution < 1.29 is 13.1 Å². The number of nitriles is 1. The molecule has 0 bridgehead atoms. The predicted molar refractivity (Wildman–Crippen MR) is 142 cm³/mol. The van der Waals surface area contributed by atoms with Crippen LogP contribution in [-0.4, -0.2) is 14.5 Å². The summed E-state index contributed by atoms with van der Waals surface area (Å²) in [7, 11) is 1.76. The first-order valence-corrected chi connectivity index (χ1v) is 13.0. The Bertz CT molecular complexity index is 1970. The fraction of sp³-hybridized carbons (Fsp3) is 0.0968. The van der Waals surface area contributed by atoms with Crippen LogP contribution in [0.5, 0.6) is 0 Å². The summed E-state index contributed by atoms with van der Waals surface area (Å²) in [6.07, 6.45) is 1.37. The molecule has 0 spiro atoms. The van der Waals surface area contributed by atoms with Crippen LogP contribution < -0.4 is 4.57 Å². The summed E-state index contributed by atoms with van der Waals surface area (Å²) < 4.78 is 42.1. The molecule has 6 aromatic rings. The van der Waals surface area contributed by atoms with E-state index in [0.717, 1.165) is 52.3 Å². The Morgan fingerprint density at radius 1 is 0.886 bits per heavy atom. The third-order valence-electron chi connectivity index (χ3n) is 6.66. The number of aromatic nitrogens is 1. The monoisotopic (exact) mass is 524 g/mol. The number of pyridine rings is 1. The van der Waals surface area contributed by atoms with E-state index in [1.165, 1.54) is 12.3 Å². The zero-order valence-electron chi connectivity index (χ0n) is 22.2. The molecule has 0 amide bonds. The van der Waals surface area contributed by atoms with Crippen LogP contribution in [0.2, 0.25) is 0 Å². The van der Waals surface area contributed by atoms with Crippen molar-refractivity contribution in [1.29, 1.82) is 5.26 Å². The van der Waals surface area contributed by atoms with E-state index in [2.05, 4.69) is 42.5 Å². The van der Waals surface area contributed by atoms with Crippen LogP contribution in [-0.2, 0) is 7.05 Å². The number of hydrogen-bond donors (Lipinski definition) is 0. The van der Waals surface area contributed by atoms with Gasteiger partial charge in [-0.1, -0.05) is 0 Å². The first kappa shape index (κ1) is 18.5. The molecule has 2 heterocycles. The Labute approximate surface area is 213 Å². The fourth-order valence-electron chi connectivity index (χ4n) is 4.92. The SMILES string of the molecule is [2H]C([2H])([2H])c1c[n+](C)c(-c2c(C)ccc3c2[se]c2c(-c4ccc5ccccc5c4)c(C#N)ccc23)cc1F. The summed E-state index contributed by atoms with van der Waals surface area (Å²) in [6.45, 7) is -0.536. The van der Waals surface area contributed by atoms with Crippen LogP contribution in [0, 0.1) is 30.9 Å². The van der Waals surface area contributed by atoms with Crippen molar-refractivity contribution in [2.75, 3.05) is 0 Å². The Kier molecular flexibility index (Phi) is 4.33. The van der Waals surface area contributed by atoms with Gasteiger partial charge >= 0.3 is 214 Å². The molecular formula is C31H22FN2Se+. The molecule has 35 heavy (non-hydrogen) atoms. The molecule has 2 aromatic heterocycles. The van der Waals surface area contributed by atoms with E-state index in [9.17, 15) is 5.26 Å². The van der Waals surface area contributed by atoms with E-state index in [1.54, 1.807) is 11.6 Å². The molecule has 0 unspecified atom stereocenters. The topological polar surface area (TPSA) is 27.7 Å². The van der Waals surface area contributed by atoms with E-state index in [-0.39, 0.29) is 20.1 Å². The molecule has 0 N–H and O–H groups in total. The van der Waals surface area contributed by atoms with Crippen molar-refractivity contribution in [1.82, 2.24) is 0 Å². The van der Waals surface area contributed by atoms with Gasteiger partial charge in [0.15, 0.2) is 0 Å². The second-order valence-corrected chi connectivity index (χ2v) is 10.9. The second-order valence-electron chi connectivity index (χ2n) is 8.81. The van der Waals surface area contributed by atoms with Crippen molar-refractivity contribution in [3.63, 3.8) is 0 Å². The molecule has 0 fully saturated rings. The average Bonchev–Trinajstić information content (AvgIpc) is 3.27. The molecule has 4 heteroatoms. The molecule has 0 aliphatic rings. The number of hydrogen-bond acceptors (Lipinski definition) is 1. The van der Waals surface area contributed by atoms with Gasteiger partial charge in [-0.2, -0.15) is 0 Å². The molecule has 4 aromatic carbocycles. The van der Waals surface area contributed by atoms with Crippen molar-refractivity contribution in [3.8, 4) is 28.5 Å². The number of aryl methyl sites for hydroxylation is 3. The summed E-state index contributed by atoms with van der Waals surface area (Å²) in [5, 5.41) is 14.5. The first-order chi connectivity index (χ1) is 18.2. The van der Waals surface area contributed by atoms with Crippen molar-refractivity contribution in [2.45, 2.75) is 13.8 Å². The van der Waals surface area contributed by atoms with E-state index >= 15 is 4.39 Å². The minimum atomic E-state index is -2.53. The average molecular weight is 524 g/mol. The molecular weight excluding hydrogens is 498 g/mol. The van der Waals surface area contributed by atoms with Gasteiger partial charge in [0.25, 0.3) is 0 Å². The Balaban J connectivity index is 1.67. The number of fused-ring (bicyclic) bond motifs is 4. The van der Waals surface area contributed by atoms with Gasteiger partial charge in [-0.3, -0.25) is 0 Å².